The summed E-state index contributed by atoms with van der Waals surface area (Å²) < 4.78 is 39.3. The van der Waals surface area contributed by atoms with E-state index in [4.69, 9.17) is 9.26 Å². The molecular weight excluding hydrogens is 564 g/mol. The highest BCUT2D eigenvalue weighted by atomic mass is 79.9. The van der Waals surface area contributed by atoms with Crippen molar-refractivity contribution >= 4 is 46.6 Å². The smallest absolute Gasteiger partial charge is 0.323 e. The van der Waals surface area contributed by atoms with Gasteiger partial charge in [-0.1, -0.05) is 18.2 Å². The molecule has 3 aromatic rings. The molecule has 37 heavy (non-hydrogen) atoms. The fourth-order valence-corrected chi connectivity index (χ4v) is 5.35. The van der Waals surface area contributed by atoms with Crippen LogP contribution in [0.2, 0.25) is 0 Å². The molecule has 8 nitrogen and oxygen atoms in total. The van der Waals surface area contributed by atoms with Crippen LogP contribution in [0.3, 0.4) is 0 Å². The summed E-state index contributed by atoms with van der Waals surface area (Å²) >= 11 is 3.10. The van der Waals surface area contributed by atoms with E-state index in [9.17, 15) is 18.9 Å². The van der Waals surface area contributed by atoms with Gasteiger partial charge in [-0.25, -0.2) is 9.48 Å². The Bertz CT molecular complexity index is 1340. The zero-order chi connectivity index (χ0) is 27.2. The van der Waals surface area contributed by atoms with Gasteiger partial charge in [0.1, 0.15) is 17.6 Å². The van der Waals surface area contributed by atoms with E-state index in [1.807, 2.05) is 0 Å². The lowest BCUT2D eigenvalue weighted by Gasteiger charge is -2.24. The average molecular weight is 592 g/mol. The third-order valence-electron chi connectivity index (χ3n) is 5.17. The zero-order valence-electron chi connectivity index (χ0n) is 20.8. The first-order valence-electron chi connectivity index (χ1n) is 11.4. The minimum absolute atomic E-state index is 0.140. The molecule has 2 aromatic carbocycles. The van der Waals surface area contributed by atoms with Crippen molar-refractivity contribution in [1.82, 2.24) is 10.1 Å². The van der Waals surface area contributed by atoms with Gasteiger partial charge in [0.25, 0.3) is 0 Å². The minimum atomic E-state index is -3.79. The number of carbonyl (C=O) groups is 1. The highest BCUT2D eigenvalue weighted by molar-refractivity contribution is 9.10. The number of hydrogen-bond donors (Lipinski definition) is 2. The average Bonchev–Trinajstić information content (AvgIpc) is 2.86. The van der Waals surface area contributed by atoms with Crippen LogP contribution in [-0.4, -0.2) is 34.4 Å². The van der Waals surface area contributed by atoms with Crippen molar-refractivity contribution in [3.8, 4) is 5.75 Å². The van der Waals surface area contributed by atoms with Crippen molar-refractivity contribution in [3.63, 3.8) is 0 Å². The number of carbonyl (C=O) groups excluding carboxylic acids is 1. The standard InChI is InChI=1S/C26H28BrFN3O5P/c1-16(2)36-26(33)18(4)31-37(34,21-8-6-5-7-9-21)35-15-19-13-29-17(3)25(32)22(19)14-30-20-10-11-23(27)24(28)12-20/h5-14,16,18,32H,15H2,1-4H3,(H,31,34)/b30-14+/t18-,37?/m1/s1. The Morgan fingerprint density at radius 2 is 1.95 bits per heavy atom. The molecule has 196 valence electrons. The van der Waals surface area contributed by atoms with Crippen LogP contribution in [0.4, 0.5) is 10.1 Å². The summed E-state index contributed by atoms with van der Waals surface area (Å²) in [5, 5.41) is 13.8. The van der Waals surface area contributed by atoms with Crippen LogP contribution in [0.15, 0.2) is 64.2 Å². The van der Waals surface area contributed by atoms with Crippen molar-refractivity contribution in [2.75, 3.05) is 0 Å². The Hall–Kier alpha value is -2.91. The molecule has 1 unspecified atom stereocenters. The van der Waals surface area contributed by atoms with E-state index in [1.165, 1.54) is 24.5 Å². The first-order valence-corrected chi connectivity index (χ1v) is 13.9. The lowest BCUT2D eigenvalue weighted by Crippen LogP contribution is -2.37. The molecule has 2 N–H and O–H groups in total. The van der Waals surface area contributed by atoms with Gasteiger partial charge in [0.15, 0.2) is 0 Å². The van der Waals surface area contributed by atoms with Crippen molar-refractivity contribution in [1.29, 1.82) is 0 Å². The first-order chi connectivity index (χ1) is 17.5. The maximum absolute atomic E-state index is 14.0. The molecule has 11 heteroatoms. The molecule has 0 radical (unpaired) electrons. The molecule has 1 aromatic heterocycles. The Morgan fingerprint density at radius 1 is 1.24 bits per heavy atom. The molecule has 0 spiro atoms. The molecule has 0 saturated heterocycles. The van der Waals surface area contributed by atoms with Gasteiger partial charge in [-0.3, -0.25) is 19.3 Å². The number of hydrogen-bond acceptors (Lipinski definition) is 7. The van der Waals surface area contributed by atoms with Gasteiger partial charge in [0, 0.05) is 29.6 Å². The Morgan fingerprint density at radius 3 is 2.59 bits per heavy atom. The maximum atomic E-state index is 14.0. The predicted octanol–water partition coefficient (Wildman–Crippen LogP) is 5.71. The molecule has 3 rings (SSSR count). The SMILES string of the molecule is Cc1ncc(COP(=O)(N[C@H](C)C(=O)OC(C)C)c2ccccc2)c(/C=N/c2ccc(Br)c(F)c2)c1O. The highest BCUT2D eigenvalue weighted by Gasteiger charge is 2.32. The Labute approximate surface area is 223 Å². The fraction of sp³-hybridized carbons (Fsp3) is 0.269. The quantitative estimate of drug-likeness (QED) is 0.176. The van der Waals surface area contributed by atoms with Crippen LogP contribution in [0.25, 0.3) is 0 Å². The normalized spacial score (nSPS) is 14.0. The molecule has 0 aliphatic carbocycles. The number of rotatable bonds is 10. The van der Waals surface area contributed by atoms with E-state index in [0.717, 1.165) is 0 Å². The molecule has 0 aliphatic heterocycles. The zero-order valence-corrected chi connectivity index (χ0v) is 23.3. The number of pyridine rings is 1. The van der Waals surface area contributed by atoms with Gasteiger partial charge in [-0.2, -0.15) is 0 Å². The van der Waals surface area contributed by atoms with Crippen LogP contribution < -0.4 is 10.4 Å². The second kappa shape index (κ2) is 12.6. The first kappa shape index (κ1) is 28.7. The number of benzene rings is 2. The van der Waals surface area contributed by atoms with Gasteiger partial charge < -0.3 is 14.4 Å². The second-order valence-electron chi connectivity index (χ2n) is 8.48. The summed E-state index contributed by atoms with van der Waals surface area (Å²) in [4.78, 5) is 20.8. The van der Waals surface area contributed by atoms with Crippen molar-refractivity contribution < 1.29 is 28.1 Å². The summed E-state index contributed by atoms with van der Waals surface area (Å²) in [6.07, 6.45) is 2.51. The number of nitrogens with one attached hydrogen (secondary N) is 1. The van der Waals surface area contributed by atoms with Gasteiger partial charge in [-0.05, 0) is 67.9 Å². The Kier molecular flexibility index (Phi) is 9.73. The van der Waals surface area contributed by atoms with Crippen molar-refractivity contribution in [3.05, 3.63) is 81.8 Å². The van der Waals surface area contributed by atoms with Crippen LogP contribution in [0, 0.1) is 12.7 Å². The van der Waals surface area contributed by atoms with Gasteiger partial charge in [-0.15, -0.1) is 0 Å². The van der Waals surface area contributed by atoms with Crippen molar-refractivity contribution in [2.24, 2.45) is 4.99 Å². The van der Waals surface area contributed by atoms with E-state index >= 15 is 0 Å². The number of aliphatic imine (C=N–C) groups is 1. The number of nitrogens with zero attached hydrogens (tertiary/aromatic N) is 2. The van der Waals surface area contributed by atoms with Gasteiger partial charge in [0.2, 0.25) is 0 Å². The number of ether oxygens (including phenoxy) is 1. The van der Waals surface area contributed by atoms with Crippen molar-refractivity contribution in [2.45, 2.75) is 46.4 Å². The van der Waals surface area contributed by atoms with Crippen LogP contribution >= 0.6 is 23.4 Å². The summed E-state index contributed by atoms with van der Waals surface area (Å²) in [5.74, 6) is -1.19. The largest absolute Gasteiger partial charge is 0.505 e. The van der Waals surface area contributed by atoms with E-state index in [0.29, 0.717) is 26.7 Å². The van der Waals surface area contributed by atoms with Crippen LogP contribution in [0.1, 0.15) is 37.6 Å². The maximum Gasteiger partial charge on any atom is 0.323 e. The van der Waals surface area contributed by atoms with E-state index in [2.05, 4.69) is 31.0 Å². The molecule has 0 amide bonds. The number of halogens is 2. The van der Waals surface area contributed by atoms with Crippen LogP contribution in [-0.2, 0) is 25.2 Å². The lowest BCUT2D eigenvalue weighted by molar-refractivity contribution is -0.149. The topological polar surface area (TPSA) is 110 Å². The van der Waals surface area contributed by atoms with Crippen LogP contribution in [0.5, 0.6) is 5.75 Å². The molecular formula is C26H28BrFN3O5P. The van der Waals surface area contributed by atoms with E-state index < -0.39 is 25.3 Å². The monoisotopic (exact) mass is 591 g/mol. The van der Waals surface area contributed by atoms with Gasteiger partial charge in [0.05, 0.1) is 33.9 Å². The third kappa shape index (κ3) is 7.55. The second-order valence-corrected chi connectivity index (χ2v) is 11.5. The Balaban J connectivity index is 1.91. The predicted molar refractivity (Wildman–Crippen MR) is 144 cm³/mol. The number of aromatic nitrogens is 1. The molecule has 0 saturated carbocycles. The molecule has 1 heterocycles. The molecule has 2 atom stereocenters. The lowest BCUT2D eigenvalue weighted by atomic mass is 10.1. The summed E-state index contributed by atoms with van der Waals surface area (Å²) in [5.41, 5.74) is 1.35. The number of aryl methyl sites for hydroxylation is 1. The van der Waals surface area contributed by atoms with Gasteiger partial charge >= 0.3 is 13.5 Å². The summed E-state index contributed by atoms with van der Waals surface area (Å²) in [7, 11) is -3.79. The summed E-state index contributed by atoms with van der Waals surface area (Å²) in [6, 6.07) is 11.9. The van der Waals surface area contributed by atoms with E-state index in [1.54, 1.807) is 64.1 Å². The number of aromatic hydroxyl groups is 1. The molecule has 0 aliphatic rings. The molecule has 0 bridgehead atoms. The highest BCUT2D eigenvalue weighted by Crippen LogP contribution is 2.43. The fourth-order valence-electron chi connectivity index (χ4n) is 3.23. The number of esters is 1. The molecule has 0 fully saturated rings. The van der Waals surface area contributed by atoms with E-state index in [-0.39, 0.29) is 24.0 Å². The minimum Gasteiger partial charge on any atom is -0.505 e. The third-order valence-corrected chi connectivity index (χ3v) is 8.01. The summed E-state index contributed by atoms with van der Waals surface area (Å²) in [6.45, 7) is 6.37.